The number of carbonyl (C=O) groups excluding carboxylic acids is 1. The first kappa shape index (κ1) is 13.9. The van der Waals surface area contributed by atoms with Crippen molar-refractivity contribution < 1.29 is 9.53 Å². The Morgan fingerprint density at radius 1 is 1.36 bits per heavy atom. The van der Waals surface area contributed by atoms with Crippen LogP contribution in [0, 0.1) is 0 Å². The summed E-state index contributed by atoms with van der Waals surface area (Å²) in [5.41, 5.74) is 1.73. The van der Waals surface area contributed by atoms with Crippen molar-refractivity contribution in [3.05, 3.63) is 23.3 Å². The van der Waals surface area contributed by atoms with E-state index in [2.05, 4.69) is 10.3 Å². The Labute approximate surface area is 130 Å². The third-order valence-electron chi connectivity index (χ3n) is 5.23. The van der Waals surface area contributed by atoms with Crippen molar-refractivity contribution in [3.63, 3.8) is 0 Å². The van der Waals surface area contributed by atoms with Gasteiger partial charge < -0.3 is 15.0 Å². The van der Waals surface area contributed by atoms with Gasteiger partial charge in [-0.2, -0.15) is 0 Å². The van der Waals surface area contributed by atoms with Gasteiger partial charge in [0.25, 0.3) is 0 Å². The Morgan fingerprint density at radius 2 is 2.14 bits per heavy atom. The largest absolute Gasteiger partial charge is 0.360 e. The minimum absolute atomic E-state index is 0.0533. The molecule has 3 heterocycles. The van der Waals surface area contributed by atoms with Crippen LogP contribution in [0.2, 0.25) is 0 Å². The fourth-order valence-electron chi connectivity index (χ4n) is 3.90. The molecule has 1 saturated heterocycles. The lowest BCUT2D eigenvalue weighted by molar-refractivity contribution is -0.124. The predicted molar refractivity (Wildman–Crippen MR) is 80.4 cm³/mol. The van der Waals surface area contributed by atoms with Gasteiger partial charge in [-0.3, -0.25) is 0 Å². The molecule has 6 heteroatoms. The molecule has 3 aliphatic rings. The third kappa shape index (κ3) is 2.08. The molecule has 0 radical (unpaired) electrons. The van der Waals surface area contributed by atoms with Gasteiger partial charge in [-0.1, -0.05) is 19.3 Å². The summed E-state index contributed by atoms with van der Waals surface area (Å²) in [5.74, 6) is 1.50. The van der Waals surface area contributed by atoms with Crippen molar-refractivity contribution in [1.82, 2.24) is 20.2 Å². The van der Waals surface area contributed by atoms with Crippen molar-refractivity contribution >= 4 is 6.03 Å². The van der Waals surface area contributed by atoms with Crippen LogP contribution in [0.25, 0.3) is 0 Å². The lowest BCUT2D eigenvalue weighted by Gasteiger charge is -2.46. The zero-order chi connectivity index (χ0) is 15.2. The molecular weight excluding hydrogens is 280 g/mol. The maximum atomic E-state index is 11.6. The molecule has 1 saturated carbocycles. The summed E-state index contributed by atoms with van der Waals surface area (Å²) in [5, 5.41) is 2.65. The molecule has 1 spiro atoms. The Bertz CT molecular complexity index is 592. The van der Waals surface area contributed by atoms with Gasteiger partial charge in [-0.05, 0) is 12.8 Å². The van der Waals surface area contributed by atoms with E-state index in [9.17, 15) is 4.79 Å². The molecule has 0 atom stereocenters. The zero-order valence-corrected chi connectivity index (χ0v) is 13.0. The highest BCUT2D eigenvalue weighted by Crippen LogP contribution is 2.43. The van der Waals surface area contributed by atoms with E-state index in [1.807, 2.05) is 6.20 Å². The molecular formula is C16H22N4O2. The summed E-state index contributed by atoms with van der Waals surface area (Å²) in [4.78, 5) is 22.8. The van der Waals surface area contributed by atoms with Gasteiger partial charge >= 0.3 is 6.03 Å². The van der Waals surface area contributed by atoms with Crippen LogP contribution < -0.4 is 5.32 Å². The Hall–Kier alpha value is -1.69. The zero-order valence-electron chi connectivity index (χ0n) is 13.0. The van der Waals surface area contributed by atoms with E-state index in [0.717, 1.165) is 17.1 Å². The van der Waals surface area contributed by atoms with Crippen LogP contribution in [0.4, 0.5) is 4.79 Å². The maximum Gasteiger partial charge on any atom is 0.317 e. The Balaban J connectivity index is 1.53. The van der Waals surface area contributed by atoms with Gasteiger partial charge in [0.15, 0.2) is 0 Å². The standard InChI is InChI=1S/C16H22N4O2/c1-17-15(21)20-9-16(10-20)12-7-18-14(19-13(12)8-22-16)11-5-3-2-4-6-11/h7,11H,2-6,8-10H2,1H3,(H,17,21). The quantitative estimate of drug-likeness (QED) is 0.860. The number of likely N-dealkylation sites (tertiary alicyclic amines) is 1. The summed E-state index contributed by atoms with van der Waals surface area (Å²) in [6.45, 7) is 1.72. The highest BCUT2D eigenvalue weighted by atomic mass is 16.5. The second kappa shape index (κ2) is 5.19. The second-order valence-corrected chi connectivity index (χ2v) is 6.62. The number of urea groups is 1. The molecule has 1 N–H and O–H groups in total. The van der Waals surface area contributed by atoms with E-state index in [4.69, 9.17) is 9.72 Å². The average molecular weight is 302 g/mol. The van der Waals surface area contributed by atoms with E-state index in [1.54, 1.807) is 11.9 Å². The molecule has 4 rings (SSSR count). The second-order valence-electron chi connectivity index (χ2n) is 6.62. The molecule has 2 aliphatic heterocycles. The lowest BCUT2D eigenvalue weighted by atomic mass is 9.86. The molecule has 2 fully saturated rings. The number of hydrogen-bond acceptors (Lipinski definition) is 4. The average Bonchev–Trinajstić information content (AvgIpc) is 2.92. The fraction of sp³-hybridized carbons (Fsp3) is 0.688. The maximum absolute atomic E-state index is 11.6. The number of amides is 2. The third-order valence-corrected chi connectivity index (χ3v) is 5.23. The van der Waals surface area contributed by atoms with Crippen LogP contribution in [0.1, 0.15) is 55.1 Å². The van der Waals surface area contributed by atoms with E-state index in [-0.39, 0.29) is 11.6 Å². The summed E-state index contributed by atoms with van der Waals surface area (Å²) in [6.07, 6.45) is 8.26. The highest BCUT2D eigenvalue weighted by molar-refractivity contribution is 5.75. The number of carbonyl (C=O) groups is 1. The minimum atomic E-state index is -0.368. The van der Waals surface area contributed by atoms with E-state index >= 15 is 0 Å². The van der Waals surface area contributed by atoms with E-state index in [0.29, 0.717) is 25.6 Å². The molecule has 1 aromatic heterocycles. The summed E-state index contributed by atoms with van der Waals surface area (Å²) in [6, 6.07) is -0.0533. The van der Waals surface area contributed by atoms with Gasteiger partial charge in [-0.15, -0.1) is 0 Å². The highest BCUT2D eigenvalue weighted by Gasteiger charge is 2.52. The minimum Gasteiger partial charge on any atom is -0.360 e. The predicted octanol–water partition coefficient (Wildman–Crippen LogP) is 1.90. The molecule has 2 amide bonds. The Kier molecular flexibility index (Phi) is 3.29. The summed E-state index contributed by atoms with van der Waals surface area (Å²) >= 11 is 0. The van der Waals surface area contributed by atoms with Crippen LogP contribution in [0.15, 0.2) is 6.20 Å². The van der Waals surface area contributed by atoms with Gasteiger partial charge in [0.2, 0.25) is 0 Å². The van der Waals surface area contributed by atoms with Crippen LogP contribution in [-0.4, -0.2) is 41.0 Å². The molecule has 1 aromatic rings. The number of rotatable bonds is 1. The number of hydrogen-bond donors (Lipinski definition) is 1. The normalized spacial score (nSPS) is 23.2. The van der Waals surface area contributed by atoms with Crippen molar-refractivity contribution in [1.29, 1.82) is 0 Å². The van der Waals surface area contributed by atoms with Gasteiger partial charge in [0.05, 0.1) is 25.4 Å². The number of nitrogens with one attached hydrogen (secondary N) is 1. The molecule has 1 aliphatic carbocycles. The van der Waals surface area contributed by atoms with Crippen LogP contribution in [0.3, 0.4) is 0 Å². The molecule has 22 heavy (non-hydrogen) atoms. The van der Waals surface area contributed by atoms with E-state index < -0.39 is 0 Å². The van der Waals surface area contributed by atoms with E-state index in [1.165, 1.54) is 32.1 Å². The van der Waals surface area contributed by atoms with Crippen molar-refractivity contribution in [3.8, 4) is 0 Å². The van der Waals surface area contributed by atoms with Crippen molar-refractivity contribution in [2.24, 2.45) is 0 Å². The molecule has 118 valence electrons. The lowest BCUT2D eigenvalue weighted by Crippen LogP contribution is -2.62. The van der Waals surface area contributed by atoms with Gasteiger partial charge in [0.1, 0.15) is 11.4 Å². The topological polar surface area (TPSA) is 67.4 Å². The summed E-state index contributed by atoms with van der Waals surface area (Å²) < 4.78 is 5.99. The van der Waals surface area contributed by atoms with Crippen molar-refractivity contribution in [2.75, 3.05) is 20.1 Å². The van der Waals surface area contributed by atoms with Crippen molar-refractivity contribution in [2.45, 2.75) is 50.2 Å². The first-order chi connectivity index (χ1) is 10.7. The van der Waals surface area contributed by atoms with Gasteiger partial charge in [0, 0.05) is 24.7 Å². The molecule has 6 nitrogen and oxygen atoms in total. The van der Waals surface area contributed by atoms with Crippen LogP contribution in [0.5, 0.6) is 0 Å². The first-order valence-corrected chi connectivity index (χ1v) is 8.19. The molecule has 0 bridgehead atoms. The first-order valence-electron chi connectivity index (χ1n) is 8.19. The fourth-order valence-corrected chi connectivity index (χ4v) is 3.90. The smallest absolute Gasteiger partial charge is 0.317 e. The van der Waals surface area contributed by atoms with Gasteiger partial charge in [-0.25, -0.2) is 14.8 Å². The van der Waals surface area contributed by atoms with Crippen LogP contribution in [-0.2, 0) is 16.9 Å². The SMILES string of the molecule is CNC(=O)N1CC2(C1)OCc1nc(C3CCCCC3)ncc12. The number of nitrogens with zero attached hydrogens (tertiary/aromatic N) is 3. The molecule has 0 unspecified atom stereocenters. The monoisotopic (exact) mass is 302 g/mol. The Morgan fingerprint density at radius 3 is 2.86 bits per heavy atom. The van der Waals surface area contributed by atoms with Crippen LogP contribution >= 0.6 is 0 Å². The number of fused-ring (bicyclic) bond motifs is 2. The summed E-state index contributed by atoms with van der Waals surface area (Å²) in [7, 11) is 1.65. The molecule has 0 aromatic carbocycles. The number of ether oxygens (including phenoxy) is 1. The number of aromatic nitrogens is 2.